The van der Waals surface area contributed by atoms with Gasteiger partial charge < -0.3 is 18.6 Å². The van der Waals surface area contributed by atoms with Crippen molar-refractivity contribution in [3.05, 3.63) is 53.6 Å². The summed E-state index contributed by atoms with van der Waals surface area (Å²) in [6.07, 6.45) is 0. The molecule has 9 heteroatoms. The van der Waals surface area contributed by atoms with Crippen molar-refractivity contribution in [2.45, 2.75) is 6.92 Å². The maximum absolute atomic E-state index is 12.7. The van der Waals surface area contributed by atoms with Crippen molar-refractivity contribution in [3.63, 3.8) is 0 Å². The van der Waals surface area contributed by atoms with E-state index in [2.05, 4.69) is 15.5 Å². The van der Waals surface area contributed by atoms with Crippen molar-refractivity contribution in [3.8, 4) is 23.0 Å². The molecule has 0 atom stereocenters. The molecule has 0 saturated heterocycles. The maximum atomic E-state index is 12.7. The quantitative estimate of drug-likeness (QED) is 0.605. The van der Waals surface area contributed by atoms with Crippen molar-refractivity contribution >= 4 is 17.9 Å². The Bertz CT molecular complexity index is 991. The first-order valence-electron chi connectivity index (χ1n) is 8.70. The monoisotopic (exact) mass is 397 g/mol. The predicted octanol–water partition coefficient (Wildman–Crippen LogP) is 3.18. The van der Waals surface area contributed by atoms with E-state index in [0.29, 0.717) is 29.2 Å². The fourth-order valence-electron chi connectivity index (χ4n) is 2.59. The van der Waals surface area contributed by atoms with Crippen molar-refractivity contribution in [1.82, 2.24) is 10.2 Å². The molecule has 0 aliphatic rings. The van der Waals surface area contributed by atoms with Gasteiger partial charge in [0.1, 0.15) is 17.1 Å². The van der Waals surface area contributed by atoms with Crippen molar-refractivity contribution in [1.29, 1.82) is 0 Å². The minimum Gasteiger partial charge on any atom is -0.496 e. The van der Waals surface area contributed by atoms with E-state index in [0.717, 1.165) is 0 Å². The Labute approximate surface area is 166 Å². The Balaban J connectivity index is 1.77. The van der Waals surface area contributed by atoms with Crippen LogP contribution in [0.5, 0.6) is 11.5 Å². The molecule has 1 amide bonds. The Kier molecular flexibility index (Phi) is 6.08. The van der Waals surface area contributed by atoms with E-state index in [1.54, 1.807) is 49.4 Å². The Hall–Kier alpha value is -3.88. The summed E-state index contributed by atoms with van der Waals surface area (Å²) in [6.45, 7) is 2.03. The average molecular weight is 397 g/mol. The van der Waals surface area contributed by atoms with E-state index in [-0.39, 0.29) is 17.5 Å². The van der Waals surface area contributed by atoms with Gasteiger partial charge in [0.25, 0.3) is 5.91 Å². The summed E-state index contributed by atoms with van der Waals surface area (Å²) >= 11 is 0. The zero-order chi connectivity index (χ0) is 20.8. The summed E-state index contributed by atoms with van der Waals surface area (Å²) in [5.74, 6) is -0.0644. The number of anilines is 1. The summed E-state index contributed by atoms with van der Waals surface area (Å²) < 4.78 is 20.9. The molecule has 9 nitrogen and oxygen atoms in total. The molecule has 0 bridgehead atoms. The van der Waals surface area contributed by atoms with E-state index in [9.17, 15) is 9.59 Å². The standard InChI is InChI=1S/C20H19N3O6/c1-4-28-19(25)13-10-8-12(9-11-13)18-22-23-20(29-18)21-17(24)16-14(26-2)6-5-7-15(16)27-3/h5-11H,4H2,1-3H3,(H,21,23,24). The highest BCUT2D eigenvalue weighted by Gasteiger charge is 2.20. The van der Waals surface area contributed by atoms with Crippen LogP contribution in [0.25, 0.3) is 11.5 Å². The van der Waals surface area contributed by atoms with Gasteiger partial charge in [0.2, 0.25) is 5.89 Å². The zero-order valence-electron chi connectivity index (χ0n) is 16.1. The van der Waals surface area contributed by atoms with Crippen LogP contribution in [0.1, 0.15) is 27.6 Å². The number of carbonyl (C=O) groups excluding carboxylic acids is 2. The number of benzene rings is 2. The lowest BCUT2D eigenvalue weighted by atomic mass is 10.1. The first-order chi connectivity index (χ1) is 14.1. The molecule has 1 heterocycles. The van der Waals surface area contributed by atoms with Crippen molar-refractivity contribution < 1.29 is 28.2 Å². The third kappa shape index (κ3) is 4.34. The van der Waals surface area contributed by atoms with E-state index in [1.807, 2.05) is 0 Å². The van der Waals surface area contributed by atoms with Crippen molar-refractivity contribution in [2.24, 2.45) is 0 Å². The summed E-state index contributed by atoms with van der Waals surface area (Å²) in [7, 11) is 2.91. The lowest BCUT2D eigenvalue weighted by Gasteiger charge is -2.11. The van der Waals surface area contributed by atoms with Crippen molar-refractivity contribution in [2.75, 3.05) is 26.1 Å². The molecule has 3 rings (SSSR count). The van der Waals surface area contributed by atoms with Gasteiger partial charge in [-0.1, -0.05) is 11.2 Å². The first kappa shape index (κ1) is 19.9. The van der Waals surface area contributed by atoms with Crippen LogP contribution in [-0.4, -0.2) is 42.9 Å². The van der Waals surface area contributed by atoms with Gasteiger partial charge >= 0.3 is 12.0 Å². The number of esters is 1. The number of nitrogens with one attached hydrogen (secondary N) is 1. The topological polar surface area (TPSA) is 113 Å². The lowest BCUT2D eigenvalue weighted by molar-refractivity contribution is 0.0526. The van der Waals surface area contributed by atoms with Gasteiger partial charge in [0.05, 0.1) is 26.4 Å². The number of hydrogen-bond acceptors (Lipinski definition) is 8. The molecule has 0 saturated carbocycles. The van der Waals surface area contributed by atoms with Gasteiger partial charge in [0.15, 0.2) is 0 Å². The fraction of sp³-hybridized carbons (Fsp3) is 0.200. The lowest BCUT2D eigenvalue weighted by Crippen LogP contribution is -2.14. The Morgan fingerprint density at radius 3 is 2.24 bits per heavy atom. The second-order valence-corrected chi connectivity index (χ2v) is 5.70. The number of hydrogen-bond donors (Lipinski definition) is 1. The van der Waals surface area contributed by atoms with Gasteiger partial charge in [-0.3, -0.25) is 10.1 Å². The molecule has 0 radical (unpaired) electrons. The second-order valence-electron chi connectivity index (χ2n) is 5.70. The van der Waals surface area contributed by atoms with Crippen LogP contribution in [0.2, 0.25) is 0 Å². The van der Waals surface area contributed by atoms with Crippen LogP contribution in [0.3, 0.4) is 0 Å². The number of rotatable bonds is 7. The highest BCUT2D eigenvalue weighted by atomic mass is 16.5. The van der Waals surface area contributed by atoms with Gasteiger partial charge in [-0.25, -0.2) is 4.79 Å². The van der Waals surface area contributed by atoms with Crippen LogP contribution in [0.4, 0.5) is 6.01 Å². The van der Waals surface area contributed by atoms with E-state index < -0.39 is 11.9 Å². The molecular weight excluding hydrogens is 378 g/mol. The van der Waals surface area contributed by atoms with Gasteiger partial charge in [-0.15, -0.1) is 5.10 Å². The molecule has 29 heavy (non-hydrogen) atoms. The first-order valence-corrected chi connectivity index (χ1v) is 8.70. The Morgan fingerprint density at radius 1 is 1.00 bits per heavy atom. The van der Waals surface area contributed by atoms with Crippen LogP contribution in [0, 0.1) is 0 Å². The molecule has 0 fully saturated rings. The predicted molar refractivity (Wildman–Crippen MR) is 103 cm³/mol. The van der Waals surface area contributed by atoms with E-state index in [1.165, 1.54) is 14.2 Å². The minimum absolute atomic E-state index is 0.0903. The maximum Gasteiger partial charge on any atom is 0.338 e. The minimum atomic E-state index is -0.521. The molecule has 3 aromatic rings. The number of nitrogens with zero attached hydrogens (tertiary/aromatic N) is 2. The fourth-order valence-corrected chi connectivity index (χ4v) is 2.59. The molecule has 1 aromatic heterocycles. The summed E-state index contributed by atoms with van der Waals surface area (Å²) in [4.78, 5) is 24.4. The van der Waals surface area contributed by atoms with Gasteiger partial charge in [-0.05, 0) is 43.3 Å². The molecule has 0 spiro atoms. The third-order valence-electron chi connectivity index (χ3n) is 3.94. The van der Waals surface area contributed by atoms with E-state index in [4.69, 9.17) is 18.6 Å². The summed E-state index contributed by atoms with van der Waals surface area (Å²) in [5.41, 5.74) is 1.20. The molecule has 0 unspecified atom stereocenters. The highest BCUT2D eigenvalue weighted by molar-refractivity contribution is 6.07. The van der Waals surface area contributed by atoms with Gasteiger partial charge in [-0.2, -0.15) is 0 Å². The number of amides is 1. The smallest absolute Gasteiger partial charge is 0.338 e. The van der Waals surface area contributed by atoms with Gasteiger partial charge in [0, 0.05) is 5.56 Å². The average Bonchev–Trinajstić information content (AvgIpc) is 3.21. The molecule has 0 aliphatic heterocycles. The third-order valence-corrected chi connectivity index (χ3v) is 3.94. The number of carbonyl (C=O) groups is 2. The number of methoxy groups -OCH3 is 2. The highest BCUT2D eigenvalue weighted by Crippen LogP contribution is 2.29. The van der Waals surface area contributed by atoms with E-state index >= 15 is 0 Å². The molecule has 150 valence electrons. The largest absolute Gasteiger partial charge is 0.496 e. The summed E-state index contributed by atoms with van der Waals surface area (Å²) in [5, 5.41) is 10.3. The molecular formula is C20H19N3O6. The normalized spacial score (nSPS) is 10.3. The Morgan fingerprint density at radius 2 is 1.66 bits per heavy atom. The van der Waals surface area contributed by atoms with Crippen LogP contribution >= 0.6 is 0 Å². The molecule has 0 aliphatic carbocycles. The van der Waals surface area contributed by atoms with Crippen LogP contribution in [-0.2, 0) is 4.74 Å². The summed E-state index contributed by atoms with van der Waals surface area (Å²) in [6, 6.07) is 11.4. The number of ether oxygens (including phenoxy) is 3. The molecule has 2 aromatic carbocycles. The zero-order valence-corrected chi connectivity index (χ0v) is 16.1. The SMILES string of the molecule is CCOC(=O)c1ccc(-c2nnc(NC(=O)c3c(OC)cccc3OC)o2)cc1. The number of aromatic nitrogens is 2. The second kappa shape index (κ2) is 8.87. The van der Waals surface area contributed by atoms with Crippen LogP contribution in [0.15, 0.2) is 46.9 Å². The van der Waals surface area contributed by atoms with Crippen LogP contribution < -0.4 is 14.8 Å². The molecule has 1 N–H and O–H groups in total.